The number of benzene rings is 1. The Kier molecular flexibility index (Phi) is 5.76. The smallest absolute Gasteiger partial charge is 0.204 e. The zero-order valence-corrected chi connectivity index (χ0v) is 17.3. The van der Waals surface area contributed by atoms with Crippen LogP contribution in [0.2, 0.25) is 5.02 Å². The van der Waals surface area contributed by atoms with Gasteiger partial charge < -0.3 is 15.0 Å². The van der Waals surface area contributed by atoms with Gasteiger partial charge >= 0.3 is 0 Å². The second kappa shape index (κ2) is 8.13. The van der Waals surface area contributed by atoms with Gasteiger partial charge in [0.05, 0.1) is 12.1 Å². The van der Waals surface area contributed by atoms with Gasteiger partial charge in [0.25, 0.3) is 0 Å². The van der Waals surface area contributed by atoms with Crippen LogP contribution in [0.4, 0.5) is 5.69 Å². The predicted octanol–water partition coefficient (Wildman–Crippen LogP) is 4.24. The van der Waals surface area contributed by atoms with E-state index in [1.54, 1.807) is 0 Å². The molecule has 1 aromatic heterocycles. The van der Waals surface area contributed by atoms with Crippen molar-refractivity contribution in [3.05, 3.63) is 35.5 Å². The molecule has 0 atom stereocenters. The maximum Gasteiger partial charge on any atom is 0.204 e. The lowest BCUT2D eigenvalue weighted by Gasteiger charge is -2.39. The molecule has 1 spiro atoms. The highest BCUT2D eigenvalue weighted by atomic mass is 35.5. The number of likely N-dealkylation sites (tertiary alicyclic amines) is 1. The highest BCUT2D eigenvalue weighted by molar-refractivity contribution is 6.31. The van der Waals surface area contributed by atoms with Gasteiger partial charge in [-0.05, 0) is 38.1 Å². The molecular formula is C21H28ClN3O3. The summed E-state index contributed by atoms with van der Waals surface area (Å²) in [6.07, 6.45) is 4.29. The second-order valence-electron chi connectivity index (χ2n) is 8.22. The van der Waals surface area contributed by atoms with E-state index in [0.717, 1.165) is 62.0 Å². The van der Waals surface area contributed by atoms with Crippen LogP contribution in [0.5, 0.6) is 0 Å². The molecule has 0 aliphatic carbocycles. The molecule has 2 aliphatic rings. The molecule has 0 unspecified atom stereocenters. The van der Waals surface area contributed by atoms with Gasteiger partial charge in [-0.25, -0.2) is 9.78 Å². The summed E-state index contributed by atoms with van der Waals surface area (Å²) in [5.41, 5.74) is 1.70. The Hall–Kier alpha value is -1.44. The zero-order valence-electron chi connectivity index (χ0n) is 16.5. The largest absolute Gasteiger partial charge is 0.383 e. The SMILES string of the molecule is CC1(C)CCOC2(CCN(CCNc3ccnc4cc(Cl)ccc34)CC2)OO1. The predicted molar refractivity (Wildman–Crippen MR) is 110 cm³/mol. The molecule has 6 nitrogen and oxygen atoms in total. The summed E-state index contributed by atoms with van der Waals surface area (Å²) in [5.74, 6) is -0.585. The van der Waals surface area contributed by atoms with Gasteiger partial charge in [0, 0.05) is 67.7 Å². The lowest BCUT2D eigenvalue weighted by molar-refractivity contribution is -0.450. The number of ether oxygens (including phenoxy) is 1. The van der Waals surface area contributed by atoms with Crippen LogP contribution in [0.1, 0.15) is 33.1 Å². The summed E-state index contributed by atoms with van der Waals surface area (Å²) in [7, 11) is 0. The lowest BCUT2D eigenvalue weighted by Crippen LogP contribution is -2.48. The molecule has 7 heteroatoms. The summed E-state index contributed by atoms with van der Waals surface area (Å²) < 4.78 is 6.04. The van der Waals surface area contributed by atoms with Crippen molar-refractivity contribution >= 4 is 28.2 Å². The molecule has 3 heterocycles. The van der Waals surface area contributed by atoms with Gasteiger partial charge in [-0.3, -0.25) is 4.98 Å². The fourth-order valence-electron chi connectivity index (χ4n) is 3.71. The van der Waals surface area contributed by atoms with E-state index in [-0.39, 0.29) is 5.60 Å². The Morgan fingerprint density at radius 1 is 1.14 bits per heavy atom. The van der Waals surface area contributed by atoms with Gasteiger partial charge in [0.1, 0.15) is 5.60 Å². The van der Waals surface area contributed by atoms with Crippen LogP contribution in [0, 0.1) is 0 Å². The summed E-state index contributed by atoms with van der Waals surface area (Å²) >= 11 is 6.07. The third-order valence-corrected chi connectivity index (χ3v) is 5.79. The van der Waals surface area contributed by atoms with E-state index in [9.17, 15) is 0 Å². The van der Waals surface area contributed by atoms with Crippen molar-refractivity contribution in [2.75, 3.05) is 38.1 Å². The van der Waals surface area contributed by atoms with Crippen molar-refractivity contribution in [3.63, 3.8) is 0 Å². The number of rotatable bonds is 4. The van der Waals surface area contributed by atoms with Crippen molar-refractivity contribution in [1.29, 1.82) is 0 Å². The van der Waals surface area contributed by atoms with Crippen molar-refractivity contribution < 1.29 is 14.5 Å². The van der Waals surface area contributed by atoms with E-state index >= 15 is 0 Å². The summed E-state index contributed by atoms with van der Waals surface area (Å²) in [6.45, 7) is 8.42. The number of nitrogens with one attached hydrogen (secondary N) is 1. The van der Waals surface area contributed by atoms with E-state index in [2.05, 4.69) is 15.2 Å². The van der Waals surface area contributed by atoms with Crippen LogP contribution in [0.3, 0.4) is 0 Å². The summed E-state index contributed by atoms with van der Waals surface area (Å²) in [4.78, 5) is 18.2. The molecule has 2 aromatic rings. The van der Waals surface area contributed by atoms with Crippen molar-refractivity contribution in [2.24, 2.45) is 0 Å². The number of pyridine rings is 1. The molecule has 0 radical (unpaired) electrons. The Bertz CT molecular complexity index is 822. The van der Waals surface area contributed by atoms with E-state index in [4.69, 9.17) is 26.1 Å². The number of hydrogen-bond donors (Lipinski definition) is 1. The van der Waals surface area contributed by atoms with E-state index in [1.165, 1.54) is 0 Å². The number of aromatic nitrogens is 1. The molecule has 152 valence electrons. The molecule has 28 heavy (non-hydrogen) atoms. The van der Waals surface area contributed by atoms with Crippen LogP contribution < -0.4 is 5.32 Å². The number of piperidine rings is 1. The van der Waals surface area contributed by atoms with Gasteiger partial charge in [-0.2, -0.15) is 0 Å². The molecule has 2 aliphatic heterocycles. The number of fused-ring (bicyclic) bond motifs is 1. The Morgan fingerprint density at radius 3 is 2.79 bits per heavy atom. The first-order valence-corrected chi connectivity index (χ1v) is 10.3. The van der Waals surface area contributed by atoms with Gasteiger partial charge in [-0.15, -0.1) is 0 Å². The average Bonchev–Trinajstić information content (AvgIpc) is 2.82. The first-order valence-electron chi connectivity index (χ1n) is 9.96. The fourth-order valence-corrected chi connectivity index (χ4v) is 3.87. The second-order valence-corrected chi connectivity index (χ2v) is 8.66. The van der Waals surface area contributed by atoms with Crippen LogP contribution in [0.25, 0.3) is 10.9 Å². The molecule has 2 fully saturated rings. The Balaban J connectivity index is 1.28. The van der Waals surface area contributed by atoms with E-state index in [1.807, 2.05) is 44.3 Å². The number of anilines is 1. The van der Waals surface area contributed by atoms with E-state index < -0.39 is 5.79 Å². The maximum atomic E-state index is 6.07. The van der Waals surface area contributed by atoms with E-state index in [0.29, 0.717) is 11.6 Å². The molecule has 4 rings (SSSR count). The number of halogens is 1. The minimum Gasteiger partial charge on any atom is -0.383 e. The van der Waals surface area contributed by atoms with Crippen LogP contribution in [-0.2, 0) is 14.5 Å². The normalized spacial score (nSPS) is 22.2. The lowest BCUT2D eigenvalue weighted by atomic mass is 10.0. The Morgan fingerprint density at radius 2 is 1.96 bits per heavy atom. The molecule has 0 saturated carbocycles. The van der Waals surface area contributed by atoms with Crippen LogP contribution in [-0.4, -0.2) is 54.1 Å². The van der Waals surface area contributed by atoms with Crippen LogP contribution in [0.15, 0.2) is 30.5 Å². The fraction of sp³-hybridized carbons (Fsp3) is 0.571. The molecule has 0 amide bonds. The highest BCUT2D eigenvalue weighted by Crippen LogP contribution is 2.34. The molecule has 2 saturated heterocycles. The maximum absolute atomic E-state index is 6.07. The van der Waals surface area contributed by atoms with Crippen molar-refractivity contribution in [3.8, 4) is 0 Å². The zero-order chi connectivity index (χ0) is 19.6. The van der Waals surface area contributed by atoms with Crippen molar-refractivity contribution in [2.45, 2.75) is 44.5 Å². The minimum atomic E-state index is -0.585. The topological polar surface area (TPSA) is 55.9 Å². The highest BCUT2D eigenvalue weighted by Gasteiger charge is 2.42. The number of hydrogen-bond acceptors (Lipinski definition) is 6. The monoisotopic (exact) mass is 405 g/mol. The molecular weight excluding hydrogens is 378 g/mol. The molecule has 1 aromatic carbocycles. The van der Waals surface area contributed by atoms with Gasteiger partial charge in [0.15, 0.2) is 0 Å². The Labute approximate surface area is 171 Å². The van der Waals surface area contributed by atoms with Crippen molar-refractivity contribution in [1.82, 2.24) is 9.88 Å². The molecule has 1 N–H and O–H groups in total. The number of nitrogens with zero attached hydrogens (tertiary/aromatic N) is 2. The standard InChI is InChI=1S/C21H28ClN3O3/c1-20(2)8-14-26-21(28-27-20)6-11-25(12-7-21)13-10-24-18-5-9-23-19-15-16(22)3-4-17(18)19/h3-5,9,15H,6-8,10-14H2,1-2H3,(H,23,24). The van der Waals surface area contributed by atoms with Crippen LogP contribution >= 0.6 is 11.6 Å². The summed E-state index contributed by atoms with van der Waals surface area (Å²) in [6, 6.07) is 7.81. The van der Waals surface area contributed by atoms with Gasteiger partial charge in [-0.1, -0.05) is 11.6 Å². The van der Waals surface area contributed by atoms with Gasteiger partial charge in [0.2, 0.25) is 5.79 Å². The average molecular weight is 406 g/mol. The quantitative estimate of drug-likeness (QED) is 0.768. The first kappa shape index (κ1) is 19.9. The summed E-state index contributed by atoms with van der Waals surface area (Å²) in [5, 5.41) is 5.33. The third-order valence-electron chi connectivity index (χ3n) is 5.55. The first-order chi connectivity index (χ1) is 13.4. The minimum absolute atomic E-state index is 0.290. The third kappa shape index (κ3) is 4.58. The molecule has 0 bridgehead atoms.